The Morgan fingerprint density at radius 3 is 2.24 bits per heavy atom. The fourth-order valence-electron chi connectivity index (χ4n) is 1.64. The summed E-state index contributed by atoms with van der Waals surface area (Å²) in [5, 5.41) is 19.6. The minimum absolute atomic E-state index is 0.0153. The zero-order valence-electron chi connectivity index (χ0n) is 11.0. The summed E-state index contributed by atoms with van der Waals surface area (Å²) < 4.78 is 0. The van der Waals surface area contributed by atoms with Gasteiger partial charge in [0.1, 0.15) is 0 Å². The Morgan fingerprint density at radius 1 is 1.12 bits per heavy atom. The van der Waals surface area contributed by atoms with Gasteiger partial charge in [0.25, 0.3) is 0 Å². The molecule has 1 aromatic rings. The average molecular weight is 235 g/mol. The van der Waals surface area contributed by atoms with Gasteiger partial charge in [-0.05, 0) is 33.8 Å². The molecule has 4 heteroatoms. The largest absolute Gasteiger partial charge is 0.392 e. The van der Waals surface area contributed by atoms with Crippen molar-refractivity contribution < 1.29 is 5.11 Å². The first kappa shape index (κ1) is 13.6. The van der Waals surface area contributed by atoms with Crippen molar-refractivity contribution in [3.63, 3.8) is 0 Å². The van der Waals surface area contributed by atoms with Crippen LogP contribution < -0.4 is 0 Å². The highest BCUT2D eigenvalue weighted by molar-refractivity contribution is 5.44. The van der Waals surface area contributed by atoms with Crippen LogP contribution in [0, 0.1) is 0 Å². The lowest BCUT2D eigenvalue weighted by Gasteiger charge is -2.25. The zero-order valence-corrected chi connectivity index (χ0v) is 11.0. The molecule has 0 heterocycles. The highest BCUT2D eigenvalue weighted by Gasteiger charge is 2.10. The van der Waals surface area contributed by atoms with E-state index in [-0.39, 0.29) is 6.61 Å². The third kappa shape index (κ3) is 3.82. The quantitative estimate of drug-likeness (QED) is 0.628. The van der Waals surface area contributed by atoms with Gasteiger partial charge in [-0.25, -0.2) is 0 Å². The molecule has 0 saturated carbocycles. The number of nitrogens with zero attached hydrogens (tertiary/aromatic N) is 3. The minimum Gasteiger partial charge on any atom is -0.392 e. The number of aliphatic hydroxyl groups excluding tert-OH is 1. The molecule has 0 spiro atoms. The Morgan fingerprint density at radius 2 is 1.71 bits per heavy atom. The van der Waals surface area contributed by atoms with Gasteiger partial charge in [-0.3, -0.25) is 5.01 Å². The summed E-state index contributed by atoms with van der Waals surface area (Å²) in [6, 6.07) is 8.09. The molecular formula is C13H21N3O. The van der Waals surface area contributed by atoms with Crippen molar-refractivity contribution in [1.29, 1.82) is 0 Å². The van der Waals surface area contributed by atoms with E-state index in [1.807, 2.05) is 29.3 Å². The fraction of sp³-hybridized carbons (Fsp3) is 0.538. The van der Waals surface area contributed by atoms with Crippen molar-refractivity contribution in [1.82, 2.24) is 5.01 Å². The minimum atomic E-state index is -0.0153. The average Bonchev–Trinajstić information content (AvgIpc) is 2.29. The van der Waals surface area contributed by atoms with Gasteiger partial charge in [0.15, 0.2) is 0 Å². The third-order valence-corrected chi connectivity index (χ3v) is 2.48. The number of benzene rings is 1. The Labute approximate surface area is 103 Å². The van der Waals surface area contributed by atoms with Gasteiger partial charge in [0, 0.05) is 17.6 Å². The van der Waals surface area contributed by atoms with Crippen LogP contribution in [0.5, 0.6) is 0 Å². The fourth-order valence-corrected chi connectivity index (χ4v) is 1.64. The SMILES string of the molecule is CC(C)N(N=Nc1ccccc1CO)C(C)C. The second-order valence-corrected chi connectivity index (χ2v) is 4.54. The smallest absolute Gasteiger partial charge is 0.0929 e. The maximum atomic E-state index is 9.19. The van der Waals surface area contributed by atoms with Gasteiger partial charge in [0.05, 0.1) is 12.3 Å². The molecule has 0 aliphatic rings. The normalized spacial score (nSPS) is 11.7. The lowest BCUT2D eigenvalue weighted by atomic mass is 10.2. The van der Waals surface area contributed by atoms with Crippen LogP contribution in [0.25, 0.3) is 0 Å². The van der Waals surface area contributed by atoms with Crippen molar-refractivity contribution in [3.8, 4) is 0 Å². The zero-order chi connectivity index (χ0) is 12.8. The first-order valence-electron chi connectivity index (χ1n) is 5.95. The van der Waals surface area contributed by atoms with E-state index in [0.29, 0.717) is 12.1 Å². The molecule has 0 aromatic heterocycles. The molecular weight excluding hydrogens is 214 g/mol. The van der Waals surface area contributed by atoms with E-state index in [1.54, 1.807) is 0 Å². The maximum Gasteiger partial charge on any atom is 0.0929 e. The van der Waals surface area contributed by atoms with Crippen LogP contribution in [0.4, 0.5) is 5.69 Å². The molecule has 0 saturated heterocycles. The van der Waals surface area contributed by atoms with E-state index in [1.165, 1.54) is 0 Å². The van der Waals surface area contributed by atoms with Crippen LogP contribution in [0.15, 0.2) is 34.6 Å². The summed E-state index contributed by atoms with van der Waals surface area (Å²) >= 11 is 0. The summed E-state index contributed by atoms with van der Waals surface area (Å²) in [6.07, 6.45) is 0. The summed E-state index contributed by atoms with van der Waals surface area (Å²) in [7, 11) is 0. The maximum absolute atomic E-state index is 9.19. The van der Waals surface area contributed by atoms with E-state index in [4.69, 9.17) is 0 Å². The molecule has 0 aliphatic heterocycles. The lowest BCUT2D eigenvalue weighted by Crippen LogP contribution is -2.31. The topological polar surface area (TPSA) is 48.2 Å². The van der Waals surface area contributed by atoms with Gasteiger partial charge in [0.2, 0.25) is 0 Å². The lowest BCUT2D eigenvalue weighted by molar-refractivity contribution is 0.169. The van der Waals surface area contributed by atoms with E-state index in [2.05, 4.69) is 38.0 Å². The molecule has 0 unspecified atom stereocenters. The van der Waals surface area contributed by atoms with Crippen molar-refractivity contribution >= 4 is 5.69 Å². The van der Waals surface area contributed by atoms with Crippen LogP contribution in [0.3, 0.4) is 0 Å². The first-order chi connectivity index (χ1) is 8.06. The monoisotopic (exact) mass is 235 g/mol. The second-order valence-electron chi connectivity index (χ2n) is 4.54. The molecule has 94 valence electrons. The first-order valence-corrected chi connectivity index (χ1v) is 5.95. The molecule has 0 bridgehead atoms. The predicted molar refractivity (Wildman–Crippen MR) is 69.0 cm³/mol. The summed E-state index contributed by atoms with van der Waals surface area (Å²) in [5.41, 5.74) is 1.52. The molecule has 0 amide bonds. The van der Waals surface area contributed by atoms with Gasteiger partial charge in [-0.1, -0.05) is 23.4 Å². The molecule has 17 heavy (non-hydrogen) atoms. The van der Waals surface area contributed by atoms with Crippen LogP contribution in [-0.4, -0.2) is 22.2 Å². The Hall–Kier alpha value is -1.42. The predicted octanol–water partition coefficient (Wildman–Crippen LogP) is 3.30. The van der Waals surface area contributed by atoms with Crippen molar-refractivity contribution in [3.05, 3.63) is 29.8 Å². The highest BCUT2D eigenvalue weighted by Crippen LogP contribution is 2.20. The van der Waals surface area contributed by atoms with Gasteiger partial charge < -0.3 is 5.11 Å². The molecule has 1 N–H and O–H groups in total. The van der Waals surface area contributed by atoms with Crippen molar-refractivity contribution in [2.45, 2.75) is 46.4 Å². The van der Waals surface area contributed by atoms with Crippen LogP contribution >= 0.6 is 0 Å². The summed E-state index contributed by atoms with van der Waals surface area (Å²) in [6.45, 7) is 8.31. The van der Waals surface area contributed by atoms with Gasteiger partial charge in [-0.15, -0.1) is 5.11 Å². The molecule has 0 radical (unpaired) electrons. The summed E-state index contributed by atoms with van der Waals surface area (Å²) in [5.74, 6) is 0. The van der Waals surface area contributed by atoms with E-state index in [0.717, 1.165) is 11.3 Å². The molecule has 0 fully saturated rings. The number of aliphatic hydroxyl groups is 1. The standard InChI is InChI=1S/C13H21N3O/c1-10(2)16(11(3)4)15-14-13-8-6-5-7-12(13)9-17/h5-8,10-11,17H,9H2,1-4H3. The molecule has 1 rings (SSSR count). The molecule has 1 aromatic carbocycles. The Bertz CT molecular complexity index is 367. The number of hydrogen-bond donors (Lipinski definition) is 1. The van der Waals surface area contributed by atoms with Crippen LogP contribution in [0.1, 0.15) is 33.3 Å². The van der Waals surface area contributed by atoms with Gasteiger partial charge in [-0.2, -0.15) is 0 Å². The van der Waals surface area contributed by atoms with E-state index >= 15 is 0 Å². The Kier molecular flexibility index (Phi) is 5.10. The van der Waals surface area contributed by atoms with E-state index in [9.17, 15) is 5.11 Å². The van der Waals surface area contributed by atoms with Crippen LogP contribution in [0.2, 0.25) is 0 Å². The number of hydrogen-bond acceptors (Lipinski definition) is 3. The molecule has 4 nitrogen and oxygen atoms in total. The second kappa shape index (κ2) is 6.35. The Balaban J connectivity index is 2.88. The highest BCUT2D eigenvalue weighted by atomic mass is 16.3. The van der Waals surface area contributed by atoms with Crippen molar-refractivity contribution in [2.24, 2.45) is 10.3 Å². The van der Waals surface area contributed by atoms with Crippen molar-refractivity contribution in [2.75, 3.05) is 0 Å². The summed E-state index contributed by atoms with van der Waals surface area (Å²) in [4.78, 5) is 0. The van der Waals surface area contributed by atoms with E-state index < -0.39 is 0 Å². The van der Waals surface area contributed by atoms with Gasteiger partial charge >= 0.3 is 0 Å². The molecule has 0 atom stereocenters. The van der Waals surface area contributed by atoms with Crippen LogP contribution in [-0.2, 0) is 6.61 Å². The molecule has 0 aliphatic carbocycles. The number of rotatable bonds is 5. The third-order valence-electron chi connectivity index (χ3n) is 2.48.